The molecule has 1 fully saturated rings. The van der Waals surface area contributed by atoms with Gasteiger partial charge in [0.25, 0.3) is 0 Å². The summed E-state index contributed by atoms with van der Waals surface area (Å²) in [5.74, 6) is 0.704. The van der Waals surface area contributed by atoms with Crippen LogP contribution in [0.4, 0.5) is 4.39 Å². The number of carboxylic acids is 1. The van der Waals surface area contributed by atoms with Crippen LogP contribution in [0.3, 0.4) is 0 Å². The first-order valence-corrected chi connectivity index (χ1v) is 13.7. The second kappa shape index (κ2) is 12.7. The Morgan fingerprint density at radius 3 is 2.50 bits per heavy atom. The maximum atomic E-state index is 15.1. The number of aliphatic carboxylic acids is 1. The van der Waals surface area contributed by atoms with Crippen LogP contribution in [0.2, 0.25) is 0 Å². The quantitative estimate of drug-likeness (QED) is 0.206. The molecule has 1 N–H and O–H groups in total. The lowest BCUT2D eigenvalue weighted by atomic mass is 9.79. The van der Waals surface area contributed by atoms with Gasteiger partial charge in [-0.15, -0.1) is 6.58 Å². The minimum atomic E-state index is -0.785. The number of methoxy groups -OCH3 is 2. The van der Waals surface area contributed by atoms with E-state index in [1.165, 1.54) is 18.9 Å². The molecule has 5 nitrogen and oxygen atoms in total. The van der Waals surface area contributed by atoms with E-state index in [0.29, 0.717) is 28.5 Å². The molecule has 0 aliphatic heterocycles. The summed E-state index contributed by atoms with van der Waals surface area (Å²) in [5, 5.41) is 9.44. The summed E-state index contributed by atoms with van der Waals surface area (Å²) in [6.45, 7) is 8.35. The van der Waals surface area contributed by atoms with Crippen molar-refractivity contribution < 1.29 is 28.5 Å². The normalized spacial score (nSPS) is 14.8. The van der Waals surface area contributed by atoms with Crippen LogP contribution in [0, 0.1) is 17.2 Å². The molecule has 4 rings (SSSR count). The first-order valence-electron chi connectivity index (χ1n) is 13.7. The highest BCUT2D eigenvalue weighted by Gasteiger charge is 2.31. The lowest BCUT2D eigenvalue weighted by Gasteiger charge is -2.32. The van der Waals surface area contributed by atoms with E-state index in [1.807, 2.05) is 62.4 Å². The molecule has 0 radical (unpaired) electrons. The Bertz CT molecular complexity index is 1340. The van der Waals surface area contributed by atoms with Crippen LogP contribution in [-0.4, -0.2) is 25.3 Å². The summed E-state index contributed by atoms with van der Waals surface area (Å²) in [6, 6.07) is 18.3. The molecule has 40 heavy (non-hydrogen) atoms. The van der Waals surface area contributed by atoms with E-state index < -0.39 is 17.5 Å². The summed E-state index contributed by atoms with van der Waals surface area (Å²) in [6.07, 6.45) is 4.80. The first kappa shape index (κ1) is 29.3. The van der Waals surface area contributed by atoms with E-state index in [0.717, 1.165) is 23.1 Å². The maximum Gasteiger partial charge on any atom is 0.303 e. The highest BCUT2D eigenvalue weighted by Crippen LogP contribution is 2.43. The Labute approximate surface area is 236 Å². The fourth-order valence-electron chi connectivity index (χ4n) is 5.27. The van der Waals surface area contributed by atoms with E-state index in [2.05, 4.69) is 6.58 Å². The topological polar surface area (TPSA) is 65.0 Å². The molecule has 0 aromatic heterocycles. The van der Waals surface area contributed by atoms with Gasteiger partial charge in [-0.1, -0.05) is 57.0 Å². The third-order valence-electron chi connectivity index (χ3n) is 7.77. The molecule has 1 aliphatic carbocycles. The monoisotopic (exact) mass is 546 g/mol. The van der Waals surface area contributed by atoms with Gasteiger partial charge in [-0.2, -0.15) is 0 Å². The summed E-state index contributed by atoms with van der Waals surface area (Å²) < 4.78 is 32.6. The van der Waals surface area contributed by atoms with Gasteiger partial charge in [0.2, 0.25) is 0 Å². The van der Waals surface area contributed by atoms with Crippen LogP contribution in [-0.2, 0) is 16.1 Å². The minimum Gasteiger partial charge on any atom is -0.497 e. The molecule has 0 unspecified atom stereocenters. The second-order valence-corrected chi connectivity index (χ2v) is 11.2. The molecule has 2 atom stereocenters. The molecule has 3 aromatic rings. The SMILES string of the molecule is C=CC(C)(C)[C@H](OC)c1cc(COc2cccc([C@@H](CC(=O)O)CC3CC3)c2)ccc1-c1cc(OC)ccc1F. The molecule has 0 saturated heterocycles. The van der Waals surface area contributed by atoms with E-state index in [4.69, 9.17) is 14.2 Å². The van der Waals surface area contributed by atoms with Crippen LogP contribution in [0.25, 0.3) is 11.1 Å². The van der Waals surface area contributed by atoms with Gasteiger partial charge in [0.05, 0.1) is 19.6 Å². The number of carbonyl (C=O) groups is 1. The zero-order chi connectivity index (χ0) is 28.9. The van der Waals surface area contributed by atoms with Crippen LogP contribution >= 0.6 is 0 Å². The molecule has 0 spiro atoms. The van der Waals surface area contributed by atoms with Gasteiger partial charge < -0.3 is 19.3 Å². The van der Waals surface area contributed by atoms with Crippen LogP contribution in [0.15, 0.2) is 73.3 Å². The largest absolute Gasteiger partial charge is 0.497 e. The Hall–Kier alpha value is -3.64. The lowest BCUT2D eigenvalue weighted by Crippen LogP contribution is -2.22. The molecular formula is C34H39FO5. The molecule has 3 aromatic carbocycles. The van der Waals surface area contributed by atoms with Crippen molar-refractivity contribution in [2.75, 3.05) is 14.2 Å². The first-order chi connectivity index (χ1) is 19.1. The highest BCUT2D eigenvalue weighted by molar-refractivity contribution is 5.71. The Kier molecular flexibility index (Phi) is 9.31. The van der Waals surface area contributed by atoms with Gasteiger partial charge in [-0.25, -0.2) is 4.39 Å². The summed E-state index contributed by atoms with van der Waals surface area (Å²) in [5.41, 5.74) is 3.41. The van der Waals surface area contributed by atoms with E-state index in [9.17, 15) is 9.90 Å². The smallest absolute Gasteiger partial charge is 0.303 e. The Morgan fingerprint density at radius 2 is 1.85 bits per heavy atom. The minimum absolute atomic E-state index is 0.0270. The van der Waals surface area contributed by atoms with Crippen molar-refractivity contribution in [2.45, 2.75) is 58.2 Å². The van der Waals surface area contributed by atoms with Crippen molar-refractivity contribution in [3.05, 3.63) is 95.8 Å². The fourth-order valence-corrected chi connectivity index (χ4v) is 5.27. The number of hydrogen-bond acceptors (Lipinski definition) is 4. The molecular weight excluding hydrogens is 507 g/mol. The van der Waals surface area contributed by atoms with Crippen molar-refractivity contribution in [1.29, 1.82) is 0 Å². The molecule has 6 heteroatoms. The zero-order valence-corrected chi connectivity index (χ0v) is 23.8. The van der Waals surface area contributed by atoms with Crippen molar-refractivity contribution in [2.24, 2.45) is 11.3 Å². The van der Waals surface area contributed by atoms with Crippen LogP contribution in [0.5, 0.6) is 11.5 Å². The predicted octanol–water partition coefficient (Wildman–Crippen LogP) is 8.34. The van der Waals surface area contributed by atoms with Gasteiger partial charge in [0, 0.05) is 18.1 Å². The van der Waals surface area contributed by atoms with E-state index >= 15 is 4.39 Å². The third kappa shape index (κ3) is 7.11. The number of ether oxygens (including phenoxy) is 3. The second-order valence-electron chi connectivity index (χ2n) is 11.2. The van der Waals surface area contributed by atoms with Gasteiger partial charge in [-0.05, 0) is 76.9 Å². The molecule has 0 bridgehead atoms. The molecule has 1 aliphatic rings. The van der Waals surface area contributed by atoms with Gasteiger partial charge in [0.15, 0.2) is 0 Å². The van der Waals surface area contributed by atoms with Crippen molar-refractivity contribution in [3.8, 4) is 22.6 Å². The number of benzene rings is 3. The maximum absolute atomic E-state index is 15.1. The molecule has 0 heterocycles. The average molecular weight is 547 g/mol. The van der Waals surface area contributed by atoms with Gasteiger partial charge in [0.1, 0.15) is 23.9 Å². The van der Waals surface area contributed by atoms with Crippen molar-refractivity contribution in [1.82, 2.24) is 0 Å². The lowest BCUT2D eigenvalue weighted by molar-refractivity contribution is -0.137. The standard InChI is InChI=1S/C34H39FO5/c1-6-34(2,3)33(39-5)30-17-23(12-14-28(30)29-20-26(38-4)13-15-31(29)35)21-40-27-9-7-8-24(18-27)25(19-32(36)37)16-22-10-11-22/h6-9,12-15,17-18,20,22,25,33H,1,10-11,16,19,21H2,2-5H3,(H,36,37)/t25-,33-/m1/s1. The third-order valence-corrected chi connectivity index (χ3v) is 7.77. The molecule has 212 valence electrons. The molecule has 0 amide bonds. The zero-order valence-electron chi connectivity index (χ0n) is 23.8. The fraction of sp³-hybridized carbons (Fsp3) is 0.382. The van der Waals surface area contributed by atoms with Gasteiger partial charge >= 0.3 is 5.97 Å². The van der Waals surface area contributed by atoms with Gasteiger partial charge in [-0.3, -0.25) is 4.79 Å². The summed E-state index contributed by atoms with van der Waals surface area (Å²) >= 11 is 0. The number of halogens is 1. The van der Waals surface area contributed by atoms with E-state index in [-0.39, 0.29) is 24.8 Å². The number of hydrogen-bond donors (Lipinski definition) is 1. The van der Waals surface area contributed by atoms with Crippen LogP contribution < -0.4 is 9.47 Å². The highest BCUT2D eigenvalue weighted by atomic mass is 19.1. The summed E-state index contributed by atoms with van der Waals surface area (Å²) in [7, 11) is 3.20. The van der Waals surface area contributed by atoms with Crippen molar-refractivity contribution in [3.63, 3.8) is 0 Å². The van der Waals surface area contributed by atoms with Crippen LogP contribution in [0.1, 0.15) is 68.2 Å². The Balaban J connectivity index is 1.64. The number of rotatable bonds is 14. The van der Waals surface area contributed by atoms with E-state index in [1.54, 1.807) is 26.4 Å². The Morgan fingerprint density at radius 1 is 1.07 bits per heavy atom. The average Bonchev–Trinajstić information content (AvgIpc) is 3.76. The molecule has 1 saturated carbocycles. The van der Waals surface area contributed by atoms with Crippen molar-refractivity contribution >= 4 is 5.97 Å². The summed E-state index contributed by atoms with van der Waals surface area (Å²) in [4.78, 5) is 11.5. The number of carboxylic acid groups (broad SMARTS) is 1. The predicted molar refractivity (Wildman–Crippen MR) is 155 cm³/mol.